The molecule has 90 valence electrons. The fraction of sp³-hybridized carbons (Fsp3) is 0.727. The van der Waals surface area contributed by atoms with E-state index in [0.717, 1.165) is 19.3 Å². The van der Waals surface area contributed by atoms with Gasteiger partial charge in [-0.2, -0.15) is 0 Å². The number of hydrogen-bond acceptors (Lipinski definition) is 4. The maximum Gasteiger partial charge on any atom is 0.361 e. The third-order valence-corrected chi connectivity index (χ3v) is 2.72. The molecule has 16 heavy (non-hydrogen) atoms. The molecule has 1 aliphatic rings. The third kappa shape index (κ3) is 3.64. The lowest BCUT2D eigenvalue weighted by atomic mass is 9.89. The van der Waals surface area contributed by atoms with E-state index in [0.29, 0.717) is 5.92 Å². The molecule has 0 aliphatic heterocycles. The Morgan fingerprint density at radius 3 is 2.56 bits per heavy atom. The topological polar surface area (TPSA) is 76.0 Å². The third-order valence-electron chi connectivity index (χ3n) is 2.72. The number of nitrogens with zero attached hydrogens (tertiary/aromatic N) is 1. The molecule has 1 N–H and O–H groups in total. The molecule has 0 spiro atoms. The molecule has 0 radical (unpaired) electrons. The second-order valence-electron chi connectivity index (χ2n) is 4.30. The summed E-state index contributed by atoms with van der Waals surface area (Å²) in [5, 5.41) is 12.1. The van der Waals surface area contributed by atoms with Crippen LogP contribution in [0.4, 0.5) is 0 Å². The largest absolute Gasteiger partial charge is 0.476 e. The van der Waals surface area contributed by atoms with Crippen molar-refractivity contribution in [1.29, 1.82) is 0 Å². The van der Waals surface area contributed by atoms with E-state index in [1.807, 2.05) is 0 Å². The maximum atomic E-state index is 10.9. The molecule has 1 aliphatic carbocycles. The van der Waals surface area contributed by atoms with E-state index in [1.165, 1.54) is 13.3 Å². The number of aliphatic carboxylic acids is 1. The van der Waals surface area contributed by atoms with Crippen LogP contribution in [0.15, 0.2) is 5.16 Å². The monoisotopic (exact) mass is 227 g/mol. The SMILES string of the molecule is CC(=O)/C(=N\OC1CCCC(C)C1)C(=O)O. The van der Waals surface area contributed by atoms with Crippen molar-refractivity contribution in [2.45, 2.75) is 45.6 Å². The molecule has 2 atom stereocenters. The average Bonchev–Trinajstić information content (AvgIpc) is 2.16. The Balaban J connectivity index is 2.55. The molecule has 1 rings (SSSR count). The van der Waals surface area contributed by atoms with Crippen LogP contribution in [0.25, 0.3) is 0 Å². The van der Waals surface area contributed by atoms with E-state index >= 15 is 0 Å². The summed E-state index contributed by atoms with van der Waals surface area (Å²) in [4.78, 5) is 26.7. The predicted octanol–water partition coefficient (Wildman–Crippen LogP) is 1.61. The highest BCUT2D eigenvalue weighted by Crippen LogP contribution is 2.25. The zero-order valence-corrected chi connectivity index (χ0v) is 9.60. The molecule has 0 saturated heterocycles. The van der Waals surface area contributed by atoms with Gasteiger partial charge in [0, 0.05) is 6.92 Å². The normalized spacial score (nSPS) is 26.2. The zero-order valence-electron chi connectivity index (χ0n) is 9.60. The van der Waals surface area contributed by atoms with E-state index in [9.17, 15) is 9.59 Å². The van der Waals surface area contributed by atoms with Gasteiger partial charge in [-0.15, -0.1) is 0 Å². The molecule has 1 fully saturated rings. The average molecular weight is 227 g/mol. The van der Waals surface area contributed by atoms with Crippen LogP contribution >= 0.6 is 0 Å². The van der Waals surface area contributed by atoms with Crippen molar-refractivity contribution < 1.29 is 19.5 Å². The quantitative estimate of drug-likeness (QED) is 0.449. The van der Waals surface area contributed by atoms with Gasteiger partial charge in [0.25, 0.3) is 0 Å². The summed E-state index contributed by atoms with van der Waals surface area (Å²) in [7, 11) is 0. The number of hydrogen-bond donors (Lipinski definition) is 1. The lowest BCUT2D eigenvalue weighted by molar-refractivity contribution is -0.130. The standard InChI is InChI=1S/C11H17NO4/c1-7-4-3-5-9(6-7)16-12-10(8(2)13)11(14)15/h7,9H,3-6H2,1-2H3,(H,14,15)/b12-10+. The van der Waals surface area contributed by atoms with Crippen molar-refractivity contribution in [2.75, 3.05) is 0 Å². The Kier molecular flexibility index (Phi) is 4.46. The van der Waals surface area contributed by atoms with Crippen LogP contribution in [-0.4, -0.2) is 28.7 Å². The number of ketones is 1. The molecular weight excluding hydrogens is 210 g/mol. The summed E-state index contributed by atoms with van der Waals surface area (Å²) in [6, 6.07) is 0. The van der Waals surface area contributed by atoms with Gasteiger partial charge >= 0.3 is 5.97 Å². The van der Waals surface area contributed by atoms with E-state index in [-0.39, 0.29) is 6.10 Å². The van der Waals surface area contributed by atoms with Gasteiger partial charge in [0.1, 0.15) is 6.10 Å². The summed E-state index contributed by atoms with van der Waals surface area (Å²) in [5.74, 6) is -1.35. The second kappa shape index (κ2) is 5.63. The van der Waals surface area contributed by atoms with Gasteiger partial charge in [-0.05, 0) is 25.2 Å². The first-order valence-electron chi connectivity index (χ1n) is 5.48. The highest BCUT2D eigenvalue weighted by Gasteiger charge is 2.22. The van der Waals surface area contributed by atoms with E-state index in [2.05, 4.69) is 12.1 Å². The number of carboxylic acid groups (broad SMARTS) is 1. The predicted molar refractivity (Wildman–Crippen MR) is 58.3 cm³/mol. The van der Waals surface area contributed by atoms with Crippen molar-refractivity contribution in [1.82, 2.24) is 0 Å². The smallest absolute Gasteiger partial charge is 0.361 e. The maximum absolute atomic E-state index is 10.9. The molecule has 2 unspecified atom stereocenters. The molecule has 1 saturated carbocycles. The van der Waals surface area contributed by atoms with Crippen LogP contribution in [0, 0.1) is 5.92 Å². The van der Waals surface area contributed by atoms with Crippen molar-refractivity contribution in [2.24, 2.45) is 11.1 Å². The molecule has 5 nitrogen and oxygen atoms in total. The van der Waals surface area contributed by atoms with Crippen LogP contribution in [-0.2, 0) is 14.4 Å². The highest BCUT2D eigenvalue weighted by molar-refractivity contribution is 6.63. The molecule has 5 heteroatoms. The minimum Gasteiger partial charge on any atom is -0.476 e. The van der Waals surface area contributed by atoms with Gasteiger partial charge < -0.3 is 9.94 Å². The summed E-state index contributed by atoms with van der Waals surface area (Å²) in [6.45, 7) is 3.29. The number of carbonyl (C=O) groups is 2. The van der Waals surface area contributed by atoms with Gasteiger partial charge in [-0.3, -0.25) is 4.79 Å². The lowest BCUT2D eigenvalue weighted by Crippen LogP contribution is -2.25. The first-order valence-corrected chi connectivity index (χ1v) is 5.48. The summed E-state index contributed by atoms with van der Waals surface area (Å²) >= 11 is 0. The van der Waals surface area contributed by atoms with Gasteiger partial charge in [0.2, 0.25) is 5.71 Å². The van der Waals surface area contributed by atoms with Gasteiger partial charge in [0.05, 0.1) is 0 Å². The molecule has 0 aromatic heterocycles. The molecule has 0 aromatic carbocycles. The number of carboxylic acids is 1. The second-order valence-corrected chi connectivity index (χ2v) is 4.30. The van der Waals surface area contributed by atoms with Crippen LogP contribution < -0.4 is 0 Å². The lowest BCUT2D eigenvalue weighted by Gasteiger charge is -2.24. The van der Waals surface area contributed by atoms with Crippen LogP contribution in [0.3, 0.4) is 0 Å². The van der Waals surface area contributed by atoms with Gasteiger partial charge in [-0.25, -0.2) is 4.79 Å². The first kappa shape index (κ1) is 12.7. The molecule has 0 heterocycles. The van der Waals surface area contributed by atoms with Gasteiger partial charge in [-0.1, -0.05) is 18.5 Å². The fourth-order valence-electron chi connectivity index (χ4n) is 1.86. The number of oxime groups is 1. The highest BCUT2D eigenvalue weighted by atomic mass is 16.6. The Hall–Kier alpha value is -1.39. The van der Waals surface area contributed by atoms with E-state index < -0.39 is 17.5 Å². The Labute approximate surface area is 94.5 Å². The first-order chi connectivity index (χ1) is 7.50. The Morgan fingerprint density at radius 1 is 1.38 bits per heavy atom. The van der Waals surface area contributed by atoms with Crippen LogP contribution in [0.5, 0.6) is 0 Å². The van der Waals surface area contributed by atoms with Crippen molar-refractivity contribution in [3.8, 4) is 0 Å². The molecular formula is C11H17NO4. The fourth-order valence-corrected chi connectivity index (χ4v) is 1.86. The van der Waals surface area contributed by atoms with Crippen molar-refractivity contribution in [3.05, 3.63) is 0 Å². The summed E-state index contributed by atoms with van der Waals surface area (Å²) in [5.41, 5.74) is -0.529. The van der Waals surface area contributed by atoms with E-state index in [4.69, 9.17) is 9.94 Å². The van der Waals surface area contributed by atoms with E-state index in [1.54, 1.807) is 0 Å². The Bertz CT molecular complexity index is 295. The molecule has 0 amide bonds. The summed E-state index contributed by atoms with van der Waals surface area (Å²) < 4.78 is 0. The van der Waals surface area contributed by atoms with Crippen LogP contribution in [0.2, 0.25) is 0 Å². The van der Waals surface area contributed by atoms with Gasteiger partial charge in [0.15, 0.2) is 5.78 Å². The summed E-state index contributed by atoms with van der Waals surface area (Å²) in [6.07, 6.45) is 3.91. The van der Waals surface area contributed by atoms with Crippen molar-refractivity contribution >= 4 is 17.5 Å². The number of Topliss-reactive ketones (excluding diaryl/α,β-unsaturated/α-hetero) is 1. The molecule has 0 aromatic rings. The zero-order chi connectivity index (χ0) is 12.1. The number of rotatable bonds is 4. The minimum absolute atomic E-state index is 0.0579. The molecule has 0 bridgehead atoms. The number of carbonyl (C=O) groups excluding carboxylic acids is 1. The van der Waals surface area contributed by atoms with Crippen molar-refractivity contribution in [3.63, 3.8) is 0 Å². The Morgan fingerprint density at radius 2 is 2.06 bits per heavy atom. The minimum atomic E-state index is -1.34. The van der Waals surface area contributed by atoms with Crippen LogP contribution in [0.1, 0.15) is 39.5 Å².